The third-order valence-electron chi connectivity index (χ3n) is 4.45. The highest BCUT2D eigenvalue weighted by Gasteiger charge is 2.10. The van der Waals surface area contributed by atoms with Crippen molar-refractivity contribution in [2.75, 3.05) is 11.9 Å². The van der Waals surface area contributed by atoms with E-state index in [0.29, 0.717) is 17.9 Å². The minimum atomic E-state index is -0.307. The van der Waals surface area contributed by atoms with E-state index in [1.807, 2.05) is 61.5 Å². The van der Waals surface area contributed by atoms with Crippen molar-refractivity contribution in [3.63, 3.8) is 0 Å². The number of para-hydroxylation sites is 1. The number of aryl methyl sites for hydroxylation is 1. The van der Waals surface area contributed by atoms with Gasteiger partial charge in [0.15, 0.2) is 0 Å². The molecule has 3 aromatic rings. The number of hydrogen-bond donors (Lipinski definition) is 2. The molecule has 5 heteroatoms. The monoisotopic (exact) mass is 388 g/mol. The molecule has 0 aliphatic heterocycles. The summed E-state index contributed by atoms with van der Waals surface area (Å²) in [4.78, 5) is 24.4. The Morgan fingerprint density at radius 3 is 2.28 bits per heavy atom. The van der Waals surface area contributed by atoms with Crippen LogP contribution >= 0.6 is 0 Å². The number of rotatable bonds is 8. The van der Waals surface area contributed by atoms with Crippen molar-refractivity contribution in [3.05, 3.63) is 95.6 Å². The van der Waals surface area contributed by atoms with Gasteiger partial charge in [-0.05, 0) is 47.9 Å². The minimum Gasteiger partial charge on any atom is -0.489 e. The lowest BCUT2D eigenvalue weighted by Crippen LogP contribution is -2.33. The molecule has 2 amide bonds. The highest BCUT2D eigenvalue weighted by atomic mass is 16.5. The Hall–Kier alpha value is -3.60. The van der Waals surface area contributed by atoms with Gasteiger partial charge in [-0.15, -0.1) is 0 Å². The molecule has 0 saturated carbocycles. The predicted molar refractivity (Wildman–Crippen MR) is 114 cm³/mol. The lowest BCUT2D eigenvalue weighted by molar-refractivity contribution is -0.115. The van der Waals surface area contributed by atoms with Crippen molar-refractivity contribution in [2.24, 2.45) is 0 Å². The summed E-state index contributed by atoms with van der Waals surface area (Å²) in [5.74, 6) is 0.111. The zero-order valence-corrected chi connectivity index (χ0v) is 16.4. The number of amides is 2. The van der Waals surface area contributed by atoms with Crippen molar-refractivity contribution in [1.29, 1.82) is 0 Å². The van der Waals surface area contributed by atoms with E-state index in [1.165, 1.54) is 0 Å². The van der Waals surface area contributed by atoms with Crippen LogP contribution in [0.3, 0.4) is 0 Å². The van der Waals surface area contributed by atoms with Gasteiger partial charge in [0, 0.05) is 11.3 Å². The number of carbonyl (C=O) groups excluding carboxylic acids is 2. The Labute approximate surface area is 170 Å². The Kier molecular flexibility index (Phi) is 7.00. The first kappa shape index (κ1) is 20.1. The molecular formula is C24H24N2O3. The molecule has 0 fully saturated rings. The van der Waals surface area contributed by atoms with E-state index in [4.69, 9.17) is 4.74 Å². The summed E-state index contributed by atoms with van der Waals surface area (Å²) in [6, 6.07) is 24.3. The molecule has 3 rings (SSSR count). The number of nitrogens with one attached hydrogen (secondary N) is 2. The van der Waals surface area contributed by atoms with E-state index in [-0.39, 0.29) is 18.4 Å². The Balaban J connectivity index is 1.48. The van der Waals surface area contributed by atoms with E-state index in [1.54, 1.807) is 24.3 Å². The van der Waals surface area contributed by atoms with Crippen LogP contribution in [0, 0.1) is 0 Å². The molecule has 0 atom stereocenters. The van der Waals surface area contributed by atoms with Crippen LogP contribution in [0.15, 0.2) is 78.9 Å². The Morgan fingerprint density at radius 1 is 0.862 bits per heavy atom. The molecule has 0 aliphatic carbocycles. The molecule has 0 spiro atoms. The quantitative estimate of drug-likeness (QED) is 0.608. The van der Waals surface area contributed by atoms with Crippen molar-refractivity contribution in [3.8, 4) is 5.75 Å². The molecule has 0 aliphatic rings. The van der Waals surface area contributed by atoms with Gasteiger partial charge in [-0.3, -0.25) is 9.59 Å². The first-order valence-corrected chi connectivity index (χ1v) is 9.58. The van der Waals surface area contributed by atoms with E-state index >= 15 is 0 Å². The Morgan fingerprint density at radius 2 is 1.55 bits per heavy atom. The molecule has 148 valence electrons. The molecule has 0 heterocycles. The fourth-order valence-corrected chi connectivity index (χ4v) is 2.85. The van der Waals surface area contributed by atoms with Crippen LogP contribution in [0.2, 0.25) is 0 Å². The van der Waals surface area contributed by atoms with Crippen molar-refractivity contribution >= 4 is 17.5 Å². The van der Waals surface area contributed by atoms with Crippen LogP contribution in [0.1, 0.15) is 28.4 Å². The SMILES string of the molecule is CCc1ccccc1NC(=O)CNC(=O)c1ccc(OCc2ccccc2)cc1. The van der Waals surface area contributed by atoms with E-state index in [2.05, 4.69) is 10.6 Å². The maximum absolute atomic E-state index is 12.3. The zero-order chi connectivity index (χ0) is 20.5. The molecule has 2 N–H and O–H groups in total. The smallest absolute Gasteiger partial charge is 0.251 e. The van der Waals surface area contributed by atoms with Gasteiger partial charge in [0.25, 0.3) is 5.91 Å². The normalized spacial score (nSPS) is 10.2. The highest BCUT2D eigenvalue weighted by Crippen LogP contribution is 2.16. The lowest BCUT2D eigenvalue weighted by atomic mass is 10.1. The third kappa shape index (κ3) is 5.94. The molecule has 29 heavy (non-hydrogen) atoms. The number of anilines is 1. The highest BCUT2D eigenvalue weighted by molar-refractivity contribution is 5.99. The van der Waals surface area contributed by atoms with Crippen LogP contribution in [-0.4, -0.2) is 18.4 Å². The second-order valence-electron chi connectivity index (χ2n) is 6.54. The minimum absolute atomic E-state index is 0.0941. The first-order valence-electron chi connectivity index (χ1n) is 9.58. The summed E-state index contributed by atoms with van der Waals surface area (Å²) in [7, 11) is 0. The van der Waals surface area contributed by atoms with Gasteiger partial charge in [0.2, 0.25) is 5.91 Å². The van der Waals surface area contributed by atoms with Gasteiger partial charge in [0.05, 0.1) is 6.54 Å². The summed E-state index contributed by atoms with van der Waals surface area (Å²) in [5, 5.41) is 5.48. The third-order valence-corrected chi connectivity index (χ3v) is 4.45. The first-order chi connectivity index (χ1) is 14.2. The lowest BCUT2D eigenvalue weighted by Gasteiger charge is -2.11. The van der Waals surface area contributed by atoms with Crippen LogP contribution < -0.4 is 15.4 Å². The summed E-state index contributed by atoms with van der Waals surface area (Å²) in [5.41, 5.74) is 3.37. The fourth-order valence-electron chi connectivity index (χ4n) is 2.85. The van der Waals surface area contributed by atoms with Crippen LogP contribution in [0.4, 0.5) is 5.69 Å². The van der Waals surface area contributed by atoms with E-state index in [9.17, 15) is 9.59 Å². The topological polar surface area (TPSA) is 67.4 Å². The molecule has 0 saturated heterocycles. The number of hydrogen-bond acceptors (Lipinski definition) is 3. The van der Waals surface area contributed by atoms with Gasteiger partial charge in [-0.1, -0.05) is 55.5 Å². The molecule has 0 unspecified atom stereocenters. The molecule has 0 radical (unpaired) electrons. The van der Waals surface area contributed by atoms with Gasteiger partial charge in [-0.2, -0.15) is 0 Å². The largest absolute Gasteiger partial charge is 0.489 e. The van der Waals surface area contributed by atoms with Crippen molar-refractivity contribution < 1.29 is 14.3 Å². The number of benzene rings is 3. The summed E-state index contributed by atoms with van der Waals surface area (Å²) in [6.07, 6.45) is 0.821. The second kappa shape index (κ2) is 10.1. The average Bonchev–Trinajstić information content (AvgIpc) is 2.77. The maximum Gasteiger partial charge on any atom is 0.251 e. The van der Waals surface area contributed by atoms with Crippen molar-refractivity contribution in [2.45, 2.75) is 20.0 Å². The maximum atomic E-state index is 12.3. The van der Waals surface area contributed by atoms with E-state index in [0.717, 1.165) is 23.2 Å². The molecule has 0 aromatic heterocycles. The molecule has 0 bridgehead atoms. The summed E-state index contributed by atoms with van der Waals surface area (Å²) < 4.78 is 5.72. The van der Waals surface area contributed by atoms with Crippen LogP contribution in [0.5, 0.6) is 5.75 Å². The summed E-state index contributed by atoms with van der Waals surface area (Å²) in [6.45, 7) is 2.40. The standard InChI is InChI=1S/C24H24N2O3/c1-2-19-10-6-7-11-22(19)26-23(27)16-25-24(28)20-12-14-21(15-13-20)29-17-18-8-4-3-5-9-18/h3-15H,2,16-17H2,1H3,(H,25,28)(H,26,27). The van der Waals surface area contributed by atoms with Gasteiger partial charge < -0.3 is 15.4 Å². The second-order valence-corrected chi connectivity index (χ2v) is 6.54. The van der Waals surface area contributed by atoms with Crippen LogP contribution in [0.25, 0.3) is 0 Å². The average molecular weight is 388 g/mol. The number of ether oxygens (including phenoxy) is 1. The fraction of sp³-hybridized carbons (Fsp3) is 0.167. The van der Waals surface area contributed by atoms with E-state index < -0.39 is 0 Å². The van der Waals surface area contributed by atoms with Crippen molar-refractivity contribution in [1.82, 2.24) is 5.32 Å². The predicted octanol–water partition coefficient (Wildman–Crippen LogP) is 4.20. The molecular weight excluding hydrogens is 364 g/mol. The molecule has 5 nitrogen and oxygen atoms in total. The number of carbonyl (C=O) groups is 2. The summed E-state index contributed by atoms with van der Waals surface area (Å²) >= 11 is 0. The zero-order valence-electron chi connectivity index (χ0n) is 16.4. The van der Waals surface area contributed by atoms with Gasteiger partial charge in [-0.25, -0.2) is 0 Å². The van der Waals surface area contributed by atoms with Gasteiger partial charge >= 0.3 is 0 Å². The van der Waals surface area contributed by atoms with Crippen LogP contribution in [-0.2, 0) is 17.8 Å². The molecule has 3 aromatic carbocycles. The Bertz CT molecular complexity index is 953. The van der Waals surface area contributed by atoms with Gasteiger partial charge in [0.1, 0.15) is 12.4 Å².